The monoisotopic (exact) mass is 408 g/mol. The van der Waals surface area contributed by atoms with Gasteiger partial charge in [0.1, 0.15) is 5.75 Å². The van der Waals surface area contributed by atoms with Crippen molar-refractivity contribution >= 4 is 28.3 Å². The van der Waals surface area contributed by atoms with Crippen molar-refractivity contribution in [1.29, 1.82) is 0 Å². The van der Waals surface area contributed by atoms with Gasteiger partial charge in [-0.05, 0) is 36.2 Å². The molecule has 2 heterocycles. The van der Waals surface area contributed by atoms with Crippen LogP contribution < -0.4 is 10.1 Å². The SMILES string of the molecule is COc1ccc(Cc2sc(NC(=O)C3Cc4ccccc4C(=O)O3)nc2C)cc1. The number of aromatic nitrogens is 1. The number of esters is 1. The second-order valence-electron chi connectivity index (χ2n) is 6.80. The summed E-state index contributed by atoms with van der Waals surface area (Å²) in [6.07, 6.45) is 0.220. The topological polar surface area (TPSA) is 77.5 Å². The number of rotatable bonds is 5. The molecule has 148 valence electrons. The fourth-order valence-corrected chi connectivity index (χ4v) is 4.24. The number of nitrogens with one attached hydrogen (secondary N) is 1. The van der Waals surface area contributed by atoms with Gasteiger partial charge in [0.25, 0.3) is 5.91 Å². The molecule has 1 unspecified atom stereocenters. The minimum atomic E-state index is -0.855. The van der Waals surface area contributed by atoms with Crippen LogP contribution in [0.4, 0.5) is 5.13 Å². The van der Waals surface area contributed by atoms with Crippen LogP contribution in [-0.4, -0.2) is 30.1 Å². The molecule has 1 atom stereocenters. The van der Waals surface area contributed by atoms with E-state index in [0.29, 0.717) is 17.1 Å². The van der Waals surface area contributed by atoms with E-state index in [1.165, 1.54) is 11.3 Å². The molecule has 29 heavy (non-hydrogen) atoms. The van der Waals surface area contributed by atoms with Crippen molar-refractivity contribution in [1.82, 2.24) is 4.98 Å². The zero-order chi connectivity index (χ0) is 20.4. The second-order valence-corrected chi connectivity index (χ2v) is 7.88. The first-order valence-electron chi connectivity index (χ1n) is 9.22. The molecule has 7 heteroatoms. The summed E-state index contributed by atoms with van der Waals surface area (Å²) in [5.74, 6) is -0.0218. The summed E-state index contributed by atoms with van der Waals surface area (Å²) < 4.78 is 10.5. The number of hydrogen-bond donors (Lipinski definition) is 1. The quantitative estimate of drug-likeness (QED) is 0.650. The molecule has 6 nitrogen and oxygen atoms in total. The van der Waals surface area contributed by atoms with Crippen LogP contribution in [0, 0.1) is 6.92 Å². The van der Waals surface area contributed by atoms with E-state index in [1.807, 2.05) is 43.3 Å². The molecule has 0 bridgehead atoms. The van der Waals surface area contributed by atoms with Crippen molar-refractivity contribution in [2.24, 2.45) is 0 Å². The van der Waals surface area contributed by atoms with Crippen LogP contribution in [-0.2, 0) is 22.4 Å². The number of fused-ring (bicyclic) bond motifs is 1. The standard InChI is InChI=1S/C22H20N2O4S/c1-13-19(11-14-7-9-16(27-2)10-8-14)29-22(23-13)24-20(25)18-12-15-5-3-4-6-17(15)21(26)28-18/h3-10,18H,11-12H2,1-2H3,(H,23,24,25). The Balaban J connectivity index is 1.44. The lowest BCUT2D eigenvalue weighted by atomic mass is 9.98. The number of aryl methyl sites for hydroxylation is 1. The molecule has 4 rings (SSSR count). The molecule has 0 fully saturated rings. The number of thiazole rings is 1. The largest absolute Gasteiger partial charge is 0.497 e. The first-order chi connectivity index (χ1) is 14.0. The number of ether oxygens (including phenoxy) is 2. The molecule has 1 aliphatic rings. The van der Waals surface area contributed by atoms with Gasteiger partial charge in [0.2, 0.25) is 0 Å². The van der Waals surface area contributed by atoms with E-state index in [9.17, 15) is 9.59 Å². The third kappa shape index (κ3) is 4.14. The van der Waals surface area contributed by atoms with Gasteiger partial charge < -0.3 is 9.47 Å². The van der Waals surface area contributed by atoms with Crippen LogP contribution >= 0.6 is 11.3 Å². The maximum Gasteiger partial charge on any atom is 0.339 e. The normalized spacial score (nSPS) is 15.4. The molecule has 2 aromatic carbocycles. The molecule has 3 aromatic rings. The summed E-state index contributed by atoms with van der Waals surface area (Å²) in [5, 5.41) is 3.30. The predicted octanol–water partition coefficient (Wildman–Crippen LogP) is 3.77. The number of cyclic esters (lactones) is 1. The number of nitrogens with zero attached hydrogens (tertiary/aromatic N) is 1. The highest BCUT2D eigenvalue weighted by molar-refractivity contribution is 7.15. The number of anilines is 1. The highest BCUT2D eigenvalue weighted by atomic mass is 32.1. The first kappa shape index (κ1) is 19.1. The molecule has 0 aliphatic carbocycles. The molecule has 0 spiro atoms. The number of carbonyl (C=O) groups is 2. The number of carbonyl (C=O) groups excluding carboxylic acids is 2. The minimum absolute atomic E-state index is 0.358. The highest BCUT2D eigenvalue weighted by Gasteiger charge is 2.31. The lowest BCUT2D eigenvalue weighted by molar-refractivity contribution is -0.125. The zero-order valence-electron chi connectivity index (χ0n) is 16.1. The van der Waals surface area contributed by atoms with E-state index < -0.39 is 12.1 Å². The van der Waals surface area contributed by atoms with E-state index in [2.05, 4.69) is 10.3 Å². The molecular formula is C22H20N2O4S. The van der Waals surface area contributed by atoms with Gasteiger partial charge in [-0.2, -0.15) is 0 Å². The fourth-order valence-electron chi connectivity index (χ4n) is 3.24. The summed E-state index contributed by atoms with van der Waals surface area (Å²) in [4.78, 5) is 30.3. The van der Waals surface area contributed by atoms with Gasteiger partial charge in [-0.1, -0.05) is 30.3 Å². The van der Waals surface area contributed by atoms with Crippen molar-refractivity contribution in [3.8, 4) is 5.75 Å². The van der Waals surface area contributed by atoms with Gasteiger partial charge in [0.15, 0.2) is 11.2 Å². The average Bonchev–Trinajstić information content (AvgIpc) is 3.07. The third-order valence-electron chi connectivity index (χ3n) is 4.83. The molecular weight excluding hydrogens is 388 g/mol. The average molecular weight is 408 g/mol. The number of benzene rings is 2. The molecule has 0 radical (unpaired) electrons. The van der Waals surface area contributed by atoms with E-state index in [1.54, 1.807) is 19.2 Å². The Hall–Kier alpha value is -3.19. The molecule has 1 amide bonds. The summed E-state index contributed by atoms with van der Waals surface area (Å²) in [5.41, 5.74) is 3.34. The number of amides is 1. The molecule has 0 saturated carbocycles. The second kappa shape index (κ2) is 8.05. The minimum Gasteiger partial charge on any atom is -0.497 e. The summed E-state index contributed by atoms with van der Waals surface area (Å²) in [6.45, 7) is 1.92. The number of methoxy groups -OCH3 is 1. The van der Waals surface area contributed by atoms with E-state index in [0.717, 1.165) is 33.9 Å². The lowest BCUT2D eigenvalue weighted by Crippen LogP contribution is -2.37. The van der Waals surface area contributed by atoms with Gasteiger partial charge in [-0.15, -0.1) is 11.3 Å². The van der Waals surface area contributed by atoms with Crippen LogP contribution in [0.2, 0.25) is 0 Å². The van der Waals surface area contributed by atoms with E-state index in [-0.39, 0.29) is 5.91 Å². The van der Waals surface area contributed by atoms with Crippen molar-refractivity contribution in [3.05, 3.63) is 75.8 Å². The van der Waals surface area contributed by atoms with Crippen LogP contribution in [0.25, 0.3) is 0 Å². The Morgan fingerprint density at radius 1 is 1.24 bits per heavy atom. The van der Waals surface area contributed by atoms with Crippen molar-refractivity contribution < 1.29 is 19.1 Å². The van der Waals surface area contributed by atoms with Gasteiger partial charge in [-0.25, -0.2) is 9.78 Å². The van der Waals surface area contributed by atoms with Crippen LogP contribution in [0.1, 0.15) is 32.1 Å². The Morgan fingerprint density at radius 2 is 2.00 bits per heavy atom. The maximum atomic E-state index is 12.6. The van der Waals surface area contributed by atoms with Gasteiger partial charge >= 0.3 is 5.97 Å². The van der Waals surface area contributed by atoms with Crippen LogP contribution in [0.3, 0.4) is 0 Å². The Morgan fingerprint density at radius 3 is 2.76 bits per heavy atom. The van der Waals surface area contributed by atoms with Gasteiger partial charge in [0, 0.05) is 17.7 Å². The molecule has 0 saturated heterocycles. The Bertz CT molecular complexity index is 1060. The van der Waals surface area contributed by atoms with Crippen molar-refractivity contribution in [3.63, 3.8) is 0 Å². The summed E-state index contributed by atoms with van der Waals surface area (Å²) in [6, 6.07) is 15.0. The maximum absolute atomic E-state index is 12.6. The Labute approximate surface area is 172 Å². The Kier molecular flexibility index (Phi) is 5.31. The van der Waals surface area contributed by atoms with Crippen LogP contribution in [0.15, 0.2) is 48.5 Å². The van der Waals surface area contributed by atoms with Crippen molar-refractivity contribution in [2.75, 3.05) is 12.4 Å². The van der Waals surface area contributed by atoms with Gasteiger partial charge in [0.05, 0.1) is 18.4 Å². The first-order valence-corrected chi connectivity index (χ1v) is 10.0. The van der Waals surface area contributed by atoms with E-state index >= 15 is 0 Å². The smallest absolute Gasteiger partial charge is 0.339 e. The van der Waals surface area contributed by atoms with Gasteiger partial charge in [-0.3, -0.25) is 10.1 Å². The molecule has 1 aromatic heterocycles. The lowest BCUT2D eigenvalue weighted by Gasteiger charge is -2.23. The molecule has 1 N–H and O–H groups in total. The summed E-state index contributed by atoms with van der Waals surface area (Å²) in [7, 11) is 1.64. The summed E-state index contributed by atoms with van der Waals surface area (Å²) >= 11 is 1.43. The zero-order valence-corrected chi connectivity index (χ0v) is 16.9. The highest BCUT2D eigenvalue weighted by Crippen LogP contribution is 2.27. The van der Waals surface area contributed by atoms with Crippen molar-refractivity contribution in [2.45, 2.75) is 25.9 Å². The third-order valence-corrected chi connectivity index (χ3v) is 5.90. The fraction of sp³-hybridized carbons (Fsp3) is 0.227. The number of hydrogen-bond acceptors (Lipinski definition) is 6. The van der Waals surface area contributed by atoms with E-state index in [4.69, 9.17) is 9.47 Å². The predicted molar refractivity (Wildman–Crippen MR) is 111 cm³/mol. The van der Waals surface area contributed by atoms with Crippen LogP contribution in [0.5, 0.6) is 5.75 Å². The molecule has 1 aliphatic heterocycles.